The molecule has 0 bridgehead atoms. The highest BCUT2D eigenvalue weighted by molar-refractivity contribution is 5.82. The van der Waals surface area contributed by atoms with Crippen molar-refractivity contribution in [2.45, 2.75) is 0 Å². The first-order valence-electron chi connectivity index (χ1n) is 1.78. The second-order valence-corrected chi connectivity index (χ2v) is 0.978. The Hall–Kier alpha value is -1.12. The Balaban J connectivity index is 3.72. The van der Waals surface area contributed by atoms with Crippen molar-refractivity contribution in [2.75, 3.05) is 0 Å². The summed E-state index contributed by atoms with van der Waals surface area (Å²) in [7, 11) is 0. The van der Waals surface area contributed by atoms with Crippen molar-refractivity contribution in [3.05, 3.63) is 11.8 Å². The molecule has 0 amide bonds. The van der Waals surface area contributed by atoms with Crippen LogP contribution >= 0.6 is 0 Å². The van der Waals surface area contributed by atoms with Gasteiger partial charge < -0.3 is 16.6 Å². The molecular weight excluding hydrogens is 90.1 g/mol. The standard InChI is InChI=1S/C4H7N3/c5-2-1-4(7)3-6/h1-3,5-6H,7H2/b4-1+,5-2?,6-3?. The first-order valence-corrected chi connectivity index (χ1v) is 1.78. The highest BCUT2D eigenvalue weighted by atomic mass is 14.6. The van der Waals surface area contributed by atoms with E-state index in [2.05, 4.69) is 0 Å². The number of nitrogens with two attached hydrogens (primary N) is 1. The Bertz CT molecular complexity index is 104. The monoisotopic (exact) mass is 97.1 g/mol. The zero-order valence-electron chi connectivity index (χ0n) is 3.81. The predicted octanol–water partition coefficient (Wildman–Crippen LogP) is 0.128. The molecule has 3 heteroatoms. The van der Waals surface area contributed by atoms with Crippen LogP contribution < -0.4 is 5.73 Å². The van der Waals surface area contributed by atoms with E-state index in [0.29, 0.717) is 5.70 Å². The van der Waals surface area contributed by atoms with Crippen LogP contribution in [0.5, 0.6) is 0 Å². The summed E-state index contributed by atoms with van der Waals surface area (Å²) in [5, 5.41) is 12.9. The summed E-state index contributed by atoms with van der Waals surface area (Å²) in [6, 6.07) is 0. The number of rotatable bonds is 2. The molecule has 0 atom stereocenters. The van der Waals surface area contributed by atoms with Gasteiger partial charge in [-0.1, -0.05) is 0 Å². The summed E-state index contributed by atoms with van der Waals surface area (Å²) >= 11 is 0. The first-order chi connectivity index (χ1) is 3.31. The summed E-state index contributed by atoms with van der Waals surface area (Å²) in [6.45, 7) is 0. The SMILES string of the molecule is N=C/C=C(/N)C=N. The van der Waals surface area contributed by atoms with E-state index in [-0.39, 0.29) is 0 Å². The molecule has 0 aliphatic carbocycles. The van der Waals surface area contributed by atoms with Gasteiger partial charge in [0.05, 0.1) is 5.70 Å². The lowest BCUT2D eigenvalue weighted by Gasteiger charge is -1.79. The molecule has 3 nitrogen and oxygen atoms in total. The van der Waals surface area contributed by atoms with Gasteiger partial charge in [-0.2, -0.15) is 0 Å². The van der Waals surface area contributed by atoms with Gasteiger partial charge in [0.25, 0.3) is 0 Å². The van der Waals surface area contributed by atoms with Crippen LogP contribution in [0.3, 0.4) is 0 Å². The van der Waals surface area contributed by atoms with E-state index in [0.717, 1.165) is 12.4 Å². The van der Waals surface area contributed by atoms with Crippen LogP contribution in [-0.4, -0.2) is 12.4 Å². The maximum absolute atomic E-state index is 6.49. The zero-order chi connectivity index (χ0) is 5.70. The minimum atomic E-state index is 0.301. The summed E-state index contributed by atoms with van der Waals surface area (Å²) in [5.41, 5.74) is 5.35. The number of hydrogen-bond donors (Lipinski definition) is 3. The lowest BCUT2D eigenvalue weighted by Crippen LogP contribution is -1.96. The lowest BCUT2D eigenvalue weighted by atomic mass is 10.4. The topological polar surface area (TPSA) is 73.7 Å². The molecule has 0 radical (unpaired) electrons. The fourth-order valence-corrected chi connectivity index (χ4v) is 0.144. The largest absolute Gasteiger partial charge is 0.397 e. The van der Waals surface area contributed by atoms with E-state index in [1.54, 1.807) is 0 Å². The van der Waals surface area contributed by atoms with Gasteiger partial charge in [0.1, 0.15) is 0 Å². The molecule has 0 aromatic carbocycles. The fraction of sp³-hybridized carbons (Fsp3) is 0. The molecule has 0 unspecified atom stereocenters. The second kappa shape index (κ2) is 3.08. The average molecular weight is 97.1 g/mol. The molecule has 0 heterocycles. The van der Waals surface area contributed by atoms with E-state index in [4.69, 9.17) is 16.6 Å². The van der Waals surface area contributed by atoms with Gasteiger partial charge in [0, 0.05) is 12.4 Å². The highest BCUT2D eigenvalue weighted by Gasteiger charge is 1.71. The number of nitrogens with one attached hydrogen (secondary N) is 2. The molecule has 0 aliphatic rings. The van der Waals surface area contributed by atoms with Gasteiger partial charge in [0.15, 0.2) is 0 Å². The van der Waals surface area contributed by atoms with Crippen molar-refractivity contribution in [1.29, 1.82) is 10.8 Å². The highest BCUT2D eigenvalue weighted by Crippen LogP contribution is 1.68. The normalized spacial score (nSPS) is 10.6. The first kappa shape index (κ1) is 5.88. The van der Waals surface area contributed by atoms with E-state index < -0.39 is 0 Å². The molecule has 0 aromatic heterocycles. The van der Waals surface area contributed by atoms with E-state index in [9.17, 15) is 0 Å². The van der Waals surface area contributed by atoms with Gasteiger partial charge in [0.2, 0.25) is 0 Å². The molecule has 0 saturated carbocycles. The summed E-state index contributed by atoms with van der Waals surface area (Å²) in [4.78, 5) is 0. The van der Waals surface area contributed by atoms with Crippen molar-refractivity contribution >= 4 is 12.4 Å². The molecule has 0 saturated heterocycles. The van der Waals surface area contributed by atoms with Crippen LogP contribution in [0.15, 0.2) is 11.8 Å². The van der Waals surface area contributed by atoms with Crippen LogP contribution in [0.4, 0.5) is 0 Å². The van der Waals surface area contributed by atoms with E-state index >= 15 is 0 Å². The molecule has 0 rings (SSSR count). The van der Waals surface area contributed by atoms with Crippen molar-refractivity contribution in [1.82, 2.24) is 0 Å². The Morgan fingerprint density at radius 2 is 2.00 bits per heavy atom. The van der Waals surface area contributed by atoms with Gasteiger partial charge in [-0.15, -0.1) is 0 Å². The molecule has 0 fully saturated rings. The summed E-state index contributed by atoms with van der Waals surface area (Å²) < 4.78 is 0. The van der Waals surface area contributed by atoms with Gasteiger partial charge in [-0.3, -0.25) is 0 Å². The van der Waals surface area contributed by atoms with Crippen LogP contribution in [0, 0.1) is 10.8 Å². The Kier molecular flexibility index (Phi) is 2.59. The van der Waals surface area contributed by atoms with Crippen LogP contribution in [0.25, 0.3) is 0 Å². The molecule has 0 spiro atoms. The Labute approximate surface area is 41.9 Å². The van der Waals surface area contributed by atoms with E-state index in [1.165, 1.54) is 6.08 Å². The maximum atomic E-state index is 6.49. The molecule has 38 valence electrons. The fourth-order valence-electron chi connectivity index (χ4n) is 0.144. The third kappa shape index (κ3) is 2.69. The van der Waals surface area contributed by atoms with Crippen molar-refractivity contribution in [3.63, 3.8) is 0 Å². The van der Waals surface area contributed by atoms with Crippen molar-refractivity contribution in [3.8, 4) is 0 Å². The predicted molar refractivity (Wildman–Crippen MR) is 29.8 cm³/mol. The molecule has 0 aromatic rings. The minimum Gasteiger partial charge on any atom is -0.397 e. The summed E-state index contributed by atoms with van der Waals surface area (Å²) in [6.07, 6.45) is 3.37. The average Bonchev–Trinajstić information content (AvgIpc) is 1.68. The molecule has 7 heavy (non-hydrogen) atoms. The number of allylic oxidation sites excluding steroid dienone is 2. The quantitative estimate of drug-likeness (QED) is 0.421. The van der Waals surface area contributed by atoms with Gasteiger partial charge in [-0.05, 0) is 6.08 Å². The summed E-state index contributed by atoms with van der Waals surface area (Å²) in [5.74, 6) is 0. The third-order valence-corrected chi connectivity index (χ3v) is 0.442. The smallest absolute Gasteiger partial charge is 0.0508 e. The Morgan fingerprint density at radius 1 is 1.43 bits per heavy atom. The van der Waals surface area contributed by atoms with Gasteiger partial charge >= 0.3 is 0 Å². The second-order valence-electron chi connectivity index (χ2n) is 0.978. The third-order valence-electron chi connectivity index (χ3n) is 0.442. The minimum absolute atomic E-state index is 0.301. The van der Waals surface area contributed by atoms with Crippen molar-refractivity contribution < 1.29 is 0 Å². The molecule has 0 aliphatic heterocycles. The van der Waals surface area contributed by atoms with Crippen LogP contribution in [0.2, 0.25) is 0 Å². The molecular formula is C4H7N3. The van der Waals surface area contributed by atoms with Crippen LogP contribution in [-0.2, 0) is 0 Å². The lowest BCUT2D eigenvalue weighted by molar-refractivity contribution is 1.45. The van der Waals surface area contributed by atoms with E-state index in [1.807, 2.05) is 0 Å². The zero-order valence-corrected chi connectivity index (χ0v) is 3.81. The maximum Gasteiger partial charge on any atom is 0.0508 e. The Morgan fingerprint density at radius 3 is 2.14 bits per heavy atom. The van der Waals surface area contributed by atoms with Crippen molar-refractivity contribution in [2.24, 2.45) is 5.73 Å². The van der Waals surface area contributed by atoms with Gasteiger partial charge in [-0.25, -0.2) is 0 Å². The molecule has 4 N–H and O–H groups in total. The number of hydrogen-bond acceptors (Lipinski definition) is 3. The van der Waals surface area contributed by atoms with Crippen LogP contribution in [0.1, 0.15) is 0 Å².